The van der Waals surface area contributed by atoms with Crippen LogP contribution < -0.4 is 10.6 Å². The van der Waals surface area contributed by atoms with Crippen LogP contribution in [0.3, 0.4) is 0 Å². The standard InChI is InChI=1S/C15H17F2N3OS/c1-8-10(3)22-14(19-8)7-18-15(21)20-9(2)11-4-5-12(16)13(17)6-11/h4-6,9H,7H2,1-3H3,(H2,18,20,21)/t9-/m0/s1. The third-order valence-electron chi connectivity index (χ3n) is 3.26. The zero-order valence-electron chi connectivity index (χ0n) is 12.5. The van der Waals surface area contributed by atoms with Gasteiger partial charge in [0, 0.05) is 4.88 Å². The third kappa shape index (κ3) is 4.00. The third-order valence-corrected chi connectivity index (χ3v) is 4.34. The van der Waals surface area contributed by atoms with Crippen LogP contribution in [0.15, 0.2) is 18.2 Å². The van der Waals surface area contributed by atoms with Gasteiger partial charge in [-0.05, 0) is 38.5 Å². The molecule has 1 aromatic carbocycles. The van der Waals surface area contributed by atoms with E-state index in [4.69, 9.17) is 0 Å². The number of nitrogens with zero attached hydrogens (tertiary/aromatic N) is 1. The first-order valence-electron chi connectivity index (χ1n) is 6.79. The normalized spacial score (nSPS) is 12.0. The fourth-order valence-corrected chi connectivity index (χ4v) is 2.76. The first kappa shape index (κ1) is 16.4. The number of aromatic nitrogens is 1. The highest BCUT2D eigenvalue weighted by atomic mass is 32.1. The molecule has 0 aliphatic heterocycles. The molecule has 2 rings (SSSR count). The molecular formula is C15H17F2N3OS. The molecule has 2 aromatic rings. The lowest BCUT2D eigenvalue weighted by atomic mass is 10.1. The molecule has 1 heterocycles. The number of halogens is 2. The molecule has 4 nitrogen and oxygen atoms in total. The zero-order valence-corrected chi connectivity index (χ0v) is 13.4. The Morgan fingerprint density at radius 3 is 2.64 bits per heavy atom. The van der Waals surface area contributed by atoms with E-state index in [1.807, 2.05) is 13.8 Å². The average Bonchev–Trinajstić information content (AvgIpc) is 2.78. The second-order valence-corrected chi connectivity index (χ2v) is 6.26. The number of thiazole rings is 1. The number of rotatable bonds is 4. The minimum Gasteiger partial charge on any atom is -0.332 e. The summed E-state index contributed by atoms with van der Waals surface area (Å²) < 4.78 is 26.1. The molecule has 2 N–H and O–H groups in total. The molecule has 1 aromatic heterocycles. The molecule has 0 fully saturated rings. The minimum atomic E-state index is -0.930. The summed E-state index contributed by atoms with van der Waals surface area (Å²) in [5.74, 6) is -1.84. The number of amides is 2. The number of hydrogen-bond acceptors (Lipinski definition) is 3. The van der Waals surface area contributed by atoms with E-state index in [-0.39, 0.29) is 6.03 Å². The van der Waals surface area contributed by atoms with Crippen LogP contribution in [0.1, 0.15) is 34.1 Å². The van der Waals surface area contributed by atoms with Gasteiger partial charge in [0.1, 0.15) is 5.01 Å². The summed E-state index contributed by atoms with van der Waals surface area (Å²) in [6.45, 7) is 5.92. The van der Waals surface area contributed by atoms with Gasteiger partial charge in [-0.1, -0.05) is 6.07 Å². The molecule has 0 saturated carbocycles. The molecule has 2 amide bonds. The van der Waals surface area contributed by atoms with Gasteiger partial charge in [0.2, 0.25) is 0 Å². The average molecular weight is 325 g/mol. The van der Waals surface area contributed by atoms with Gasteiger partial charge in [0.25, 0.3) is 0 Å². The van der Waals surface area contributed by atoms with Crippen LogP contribution in [0.4, 0.5) is 13.6 Å². The Kier molecular flexibility index (Phi) is 5.07. The first-order valence-corrected chi connectivity index (χ1v) is 7.60. The quantitative estimate of drug-likeness (QED) is 0.902. The van der Waals surface area contributed by atoms with Gasteiger partial charge >= 0.3 is 6.03 Å². The minimum absolute atomic E-state index is 0.329. The molecular weight excluding hydrogens is 308 g/mol. The highest BCUT2D eigenvalue weighted by Gasteiger charge is 2.12. The molecule has 0 radical (unpaired) electrons. The Labute approximate surface area is 131 Å². The van der Waals surface area contributed by atoms with Gasteiger partial charge < -0.3 is 10.6 Å². The van der Waals surface area contributed by atoms with E-state index in [0.29, 0.717) is 12.1 Å². The molecule has 0 aliphatic rings. The second-order valence-electron chi connectivity index (χ2n) is 4.97. The summed E-state index contributed by atoms with van der Waals surface area (Å²) >= 11 is 1.53. The summed E-state index contributed by atoms with van der Waals surface area (Å²) in [7, 11) is 0. The SMILES string of the molecule is Cc1nc(CNC(=O)N[C@@H](C)c2ccc(F)c(F)c2)sc1C. The zero-order chi connectivity index (χ0) is 16.3. The molecule has 0 aliphatic carbocycles. The highest BCUT2D eigenvalue weighted by Crippen LogP contribution is 2.17. The monoisotopic (exact) mass is 325 g/mol. The molecule has 118 valence electrons. The van der Waals surface area contributed by atoms with Crippen molar-refractivity contribution in [2.24, 2.45) is 0 Å². The van der Waals surface area contributed by atoms with E-state index in [1.54, 1.807) is 6.92 Å². The molecule has 22 heavy (non-hydrogen) atoms. The van der Waals surface area contributed by atoms with E-state index in [2.05, 4.69) is 15.6 Å². The maximum absolute atomic E-state index is 13.2. The van der Waals surface area contributed by atoms with Crippen molar-refractivity contribution >= 4 is 17.4 Å². The number of urea groups is 1. The fraction of sp³-hybridized carbons (Fsp3) is 0.333. The van der Waals surface area contributed by atoms with E-state index in [1.165, 1.54) is 17.4 Å². The van der Waals surface area contributed by atoms with Crippen molar-refractivity contribution in [3.8, 4) is 0 Å². The first-order chi connectivity index (χ1) is 10.4. The summed E-state index contributed by atoms with van der Waals surface area (Å²) in [4.78, 5) is 17.3. The number of hydrogen-bond donors (Lipinski definition) is 2. The van der Waals surface area contributed by atoms with Gasteiger partial charge in [-0.25, -0.2) is 18.6 Å². The topological polar surface area (TPSA) is 54.0 Å². The van der Waals surface area contributed by atoms with E-state index in [9.17, 15) is 13.6 Å². The molecule has 0 unspecified atom stereocenters. The van der Waals surface area contributed by atoms with Crippen molar-refractivity contribution in [3.05, 3.63) is 51.0 Å². The van der Waals surface area contributed by atoms with E-state index >= 15 is 0 Å². The second kappa shape index (κ2) is 6.83. The number of carbonyl (C=O) groups is 1. The summed E-state index contributed by atoms with van der Waals surface area (Å²) in [6.07, 6.45) is 0. The molecule has 0 spiro atoms. The van der Waals surface area contributed by atoms with Crippen LogP contribution in [0.25, 0.3) is 0 Å². The number of carbonyl (C=O) groups excluding carboxylic acids is 1. The predicted octanol–water partition coefficient (Wildman–Crippen LogP) is 3.60. The van der Waals surface area contributed by atoms with Gasteiger partial charge in [0.05, 0.1) is 18.3 Å². The highest BCUT2D eigenvalue weighted by molar-refractivity contribution is 7.11. The predicted molar refractivity (Wildman–Crippen MR) is 81.7 cm³/mol. The summed E-state index contributed by atoms with van der Waals surface area (Å²) in [5, 5.41) is 6.19. The lowest BCUT2D eigenvalue weighted by Crippen LogP contribution is -2.36. The largest absolute Gasteiger partial charge is 0.332 e. The smallest absolute Gasteiger partial charge is 0.315 e. The van der Waals surface area contributed by atoms with Crippen LogP contribution in [0, 0.1) is 25.5 Å². The molecule has 7 heteroatoms. The Balaban J connectivity index is 1.89. The summed E-state index contributed by atoms with van der Waals surface area (Å²) in [6, 6.07) is 2.74. The lowest BCUT2D eigenvalue weighted by molar-refractivity contribution is 0.237. The van der Waals surface area contributed by atoms with Crippen LogP contribution in [0.5, 0.6) is 0 Å². The van der Waals surface area contributed by atoms with Crippen molar-refractivity contribution < 1.29 is 13.6 Å². The number of nitrogens with one attached hydrogen (secondary N) is 2. The van der Waals surface area contributed by atoms with Gasteiger partial charge in [-0.15, -0.1) is 11.3 Å². The van der Waals surface area contributed by atoms with Gasteiger partial charge in [0.15, 0.2) is 11.6 Å². The maximum Gasteiger partial charge on any atom is 0.315 e. The van der Waals surface area contributed by atoms with Crippen LogP contribution >= 0.6 is 11.3 Å². The molecule has 0 bridgehead atoms. The van der Waals surface area contributed by atoms with Crippen LogP contribution in [-0.2, 0) is 6.54 Å². The number of aryl methyl sites for hydroxylation is 2. The van der Waals surface area contributed by atoms with Crippen molar-refractivity contribution in [2.75, 3.05) is 0 Å². The fourth-order valence-electron chi connectivity index (χ4n) is 1.88. The van der Waals surface area contributed by atoms with E-state index < -0.39 is 17.7 Å². The summed E-state index contributed by atoms with van der Waals surface area (Å²) in [5.41, 5.74) is 1.45. The van der Waals surface area contributed by atoms with Gasteiger partial charge in [-0.3, -0.25) is 0 Å². The lowest BCUT2D eigenvalue weighted by Gasteiger charge is -2.15. The van der Waals surface area contributed by atoms with Crippen LogP contribution in [0.2, 0.25) is 0 Å². The molecule has 0 saturated heterocycles. The molecule has 1 atom stereocenters. The Morgan fingerprint density at radius 1 is 1.32 bits per heavy atom. The van der Waals surface area contributed by atoms with E-state index in [0.717, 1.165) is 27.7 Å². The van der Waals surface area contributed by atoms with Crippen molar-refractivity contribution in [1.29, 1.82) is 0 Å². The van der Waals surface area contributed by atoms with Crippen LogP contribution in [-0.4, -0.2) is 11.0 Å². The Bertz CT molecular complexity index is 668. The van der Waals surface area contributed by atoms with Crippen molar-refractivity contribution in [1.82, 2.24) is 15.6 Å². The Hall–Kier alpha value is -2.02. The van der Waals surface area contributed by atoms with Crippen molar-refractivity contribution in [2.45, 2.75) is 33.4 Å². The van der Waals surface area contributed by atoms with Gasteiger partial charge in [-0.2, -0.15) is 0 Å². The maximum atomic E-state index is 13.2. The van der Waals surface area contributed by atoms with Crippen molar-refractivity contribution in [3.63, 3.8) is 0 Å². The Morgan fingerprint density at radius 2 is 2.05 bits per heavy atom. The number of benzene rings is 1.